The number of fused-ring (bicyclic) bond motifs is 1. The summed E-state index contributed by atoms with van der Waals surface area (Å²) >= 11 is 0. The number of anilines is 1. The minimum absolute atomic E-state index is 0.0475. The SMILES string of the molecule is CCCCc1ccc(NS(=O)(=O)c2cccc3nonc23)cc1. The maximum absolute atomic E-state index is 12.5. The van der Waals surface area contributed by atoms with E-state index >= 15 is 0 Å². The Morgan fingerprint density at radius 1 is 1.09 bits per heavy atom. The number of sulfonamides is 1. The first-order chi connectivity index (χ1) is 11.1. The van der Waals surface area contributed by atoms with Gasteiger partial charge in [-0.2, -0.15) is 0 Å². The van der Waals surface area contributed by atoms with E-state index in [9.17, 15) is 8.42 Å². The molecule has 23 heavy (non-hydrogen) atoms. The molecule has 0 bridgehead atoms. The number of aromatic nitrogens is 2. The molecule has 0 atom stereocenters. The topological polar surface area (TPSA) is 85.1 Å². The van der Waals surface area contributed by atoms with Crippen LogP contribution in [0.4, 0.5) is 5.69 Å². The first-order valence-corrected chi connectivity index (χ1v) is 8.91. The molecule has 0 radical (unpaired) electrons. The first-order valence-electron chi connectivity index (χ1n) is 7.43. The van der Waals surface area contributed by atoms with Crippen molar-refractivity contribution in [1.29, 1.82) is 0 Å². The second-order valence-electron chi connectivity index (χ2n) is 5.29. The molecule has 1 heterocycles. The zero-order valence-corrected chi connectivity index (χ0v) is 13.5. The molecule has 1 aromatic heterocycles. The van der Waals surface area contributed by atoms with E-state index in [-0.39, 0.29) is 10.4 Å². The van der Waals surface area contributed by atoms with Gasteiger partial charge in [0.1, 0.15) is 10.4 Å². The van der Waals surface area contributed by atoms with Crippen LogP contribution in [0, 0.1) is 0 Å². The molecule has 0 aliphatic rings. The van der Waals surface area contributed by atoms with Crippen molar-refractivity contribution in [3.8, 4) is 0 Å². The van der Waals surface area contributed by atoms with Gasteiger partial charge >= 0.3 is 0 Å². The van der Waals surface area contributed by atoms with Crippen molar-refractivity contribution < 1.29 is 13.0 Å². The molecule has 120 valence electrons. The van der Waals surface area contributed by atoms with Crippen molar-refractivity contribution in [1.82, 2.24) is 10.3 Å². The summed E-state index contributed by atoms with van der Waals surface area (Å²) in [4.78, 5) is 0.0475. The lowest BCUT2D eigenvalue weighted by Crippen LogP contribution is -2.13. The summed E-state index contributed by atoms with van der Waals surface area (Å²) in [5.41, 5.74) is 2.33. The van der Waals surface area contributed by atoms with E-state index in [0.29, 0.717) is 11.2 Å². The third-order valence-electron chi connectivity index (χ3n) is 3.56. The number of nitrogens with zero attached hydrogens (tertiary/aromatic N) is 2. The molecule has 0 fully saturated rings. The molecule has 0 aliphatic heterocycles. The summed E-state index contributed by atoms with van der Waals surface area (Å²) < 4.78 is 32.3. The van der Waals surface area contributed by atoms with Gasteiger partial charge < -0.3 is 0 Å². The van der Waals surface area contributed by atoms with Gasteiger partial charge in [-0.1, -0.05) is 31.5 Å². The number of unbranched alkanes of at least 4 members (excludes halogenated alkanes) is 1. The highest BCUT2D eigenvalue weighted by Gasteiger charge is 2.20. The Hall–Kier alpha value is -2.41. The molecule has 6 nitrogen and oxygen atoms in total. The van der Waals surface area contributed by atoms with Crippen LogP contribution in [0.5, 0.6) is 0 Å². The molecule has 3 rings (SSSR count). The standard InChI is InChI=1S/C16H17N3O3S/c1-2-3-5-12-8-10-13(11-9-12)19-23(20,21)15-7-4-6-14-16(15)18-22-17-14/h4,6-11,19H,2-3,5H2,1H3. The lowest BCUT2D eigenvalue weighted by atomic mass is 10.1. The predicted octanol–water partition coefficient (Wildman–Crippen LogP) is 3.37. The van der Waals surface area contributed by atoms with Crippen LogP contribution in [0.1, 0.15) is 25.3 Å². The molecule has 0 aliphatic carbocycles. The van der Waals surface area contributed by atoms with Gasteiger partial charge in [0.15, 0.2) is 5.52 Å². The highest BCUT2D eigenvalue weighted by Crippen LogP contribution is 2.22. The molecular weight excluding hydrogens is 314 g/mol. The fraction of sp³-hybridized carbons (Fsp3) is 0.250. The summed E-state index contributed by atoms with van der Waals surface area (Å²) in [6.07, 6.45) is 3.24. The lowest BCUT2D eigenvalue weighted by molar-refractivity contribution is 0.315. The highest BCUT2D eigenvalue weighted by atomic mass is 32.2. The van der Waals surface area contributed by atoms with Gasteiger partial charge in [0, 0.05) is 5.69 Å². The minimum atomic E-state index is -3.75. The van der Waals surface area contributed by atoms with E-state index in [2.05, 4.69) is 26.6 Å². The molecule has 0 spiro atoms. The predicted molar refractivity (Wildman–Crippen MR) is 87.7 cm³/mol. The van der Waals surface area contributed by atoms with Crippen molar-refractivity contribution in [2.24, 2.45) is 0 Å². The van der Waals surface area contributed by atoms with Crippen molar-refractivity contribution >= 4 is 26.7 Å². The quantitative estimate of drug-likeness (QED) is 0.748. The fourth-order valence-corrected chi connectivity index (χ4v) is 3.54. The normalized spacial score (nSPS) is 11.7. The van der Waals surface area contributed by atoms with Gasteiger partial charge in [-0.25, -0.2) is 13.0 Å². The monoisotopic (exact) mass is 331 g/mol. The van der Waals surface area contributed by atoms with Crippen molar-refractivity contribution in [2.75, 3.05) is 4.72 Å². The van der Waals surface area contributed by atoms with Crippen molar-refractivity contribution in [3.05, 3.63) is 48.0 Å². The third-order valence-corrected chi connectivity index (χ3v) is 4.98. The zero-order valence-electron chi connectivity index (χ0n) is 12.7. The molecule has 0 unspecified atom stereocenters. The van der Waals surface area contributed by atoms with Crippen molar-refractivity contribution in [2.45, 2.75) is 31.1 Å². The zero-order chi connectivity index (χ0) is 16.3. The molecule has 0 amide bonds. The Balaban J connectivity index is 1.85. The molecule has 0 saturated heterocycles. The highest BCUT2D eigenvalue weighted by molar-refractivity contribution is 7.93. The molecular formula is C16H17N3O3S. The molecule has 1 N–H and O–H groups in total. The van der Waals surface area contributed by atoms with Crippen molar-refractivity contribution in [3.63, 3.8) is 0 Å². The maximum atomic E-state index is 12.5. The van der Waals surface area contributed by atoms with Gasteiger partial charge in [0.25, 0.3) is 10.0 Å². The minimum Gasteiger partial charge on any atom is -0.280 e. The van der Waals surface area contributed by atoms with E-state index < -0.39 is 10.0 Å². The summed E-state index contributed by atoms with van der Waals surface area (Å²) in [6, 6.07) is 12.1. The summed E-state index contributed by atoms with van der Waals surface area (Å²) in [7, 11) is -3.75. The summed E-state index contributed by atoms with van der Waals surface area (Å²) in [6.45, 7) is 2.14. The van der Waals surface area contributed by atoms with E-state index in [1.54, 1.807) is 24.3 Å². The van der Waals surface area contributed by atoms with E-state index in [0.717, 1.165) is 19.3 Å². The number of rotatable bonds is 6. The smallest absolute Gasteiger partial charge is 0.264 e. The number of hydrogen-bond acceptors (Lipinski definition) is 5. The van der Waals surface area contributed by atoms with Crippen LogP contribution < -0.4 is 4.72 Å². The van der Waals surface area contributed by atoms with E-state index in [4.69, 9.17) is 0 Å². The van der Waals surface area contributed by atoms with Crippen LogP contribution in [-0.4, -0.2) is 18.7 Å². The molecule has 0 saturated carbocycles. The van der Waals surface area contributed by atoms with Gasteiger partial charge in [-0.15, -0.1) is 0 Å². The fourth-order valence-electron chi connectivity index (χ4n) is 2.33. The average Bonchev–Trinajstić information content (AvgIpc) is 3.02. The molecule has 2 aromatic carbocycles. The Bertz CT molecular complexity index is 902. The van der Waals surface area contributed by atoms with E-state index in [1.165, 1.54) is 11.6 Å². The lowest BCUT2D eigenvalue weighted by Gasteiger charge is -2.09. The van der Waals surface area contributed by atoms with Gasteiger partial charge in [-0.3, -0.25) is 4.72 Å². The van der Waals surface area contributed by atoms with Crippen LogP contribution in [-0.2, 0) is 16.4 Å². The second-order valence-corrected chi connectivity index (χ2v) is 6.94. The van der Waals surface area contributed by atoms with Crippen LogP contribution in [0.3, 0.4) is 0 Å². The Morgan fingerprint density at radius 2 is 1.87 bits per heavy atom. The van der Waals surface area contributed by atoms with Crippen LogP contribution in [0.2, 0.25) is 0 Å². The largest absolute Gasteiger partial charge is 0.280 e. The van der Waals surface area contributed by atoms with Gasteiger partial charge in [0.05, 0.1) is 0 Å². The Labute approximate surface area is 134 Å². The Kier molecular flexibility index (Phi) is 4.29. The van der Waals surface area contributed by atoms with Crippen LogP contribution >= 0.6 is 0 Å². The van der Waals surface area contributed by atoms with Crippen LogP contribution in [0.15, 0.2) is 52.0 Å². The molecule has 7 heteroatoms. The van der Waals surface area contributed by atoms with E-state index in [1.807, 2.05) is 12.1 Å². The first kappa shape index (κ1) is 15.5. The number of hydrogen-bond donors (Lipinski definition) is 1. The van der Waals surface area contributed by atoms with Gasteiger partial charge in [0.2, 0.25) is 0 Å². The summed E-state index contributed by atoms with van der Waals surface area (Å²) in [5, 5.41) is 7.33. The third kappa shape index (κ3) is 3.34. The number of benzene rings is 2. The Morgan fingerprint density at radius 3 is 2.61 bits per heavy atom. The second kappa shape index (κ2) is 6.37. The maximum Gasteiger partial charge on any atom is 0.264 e. The molecule has 3 aromatic rings. The average molecular weight is 331 g/mol. The number of aryl methyl sites for hydroxylation is 1. The number of nitrogens with one attached hydrogen (secondary N) is 1. The van der Waals surface area contributed by atoms with Crippen LogP contribution in [0.25, 0.3) is 11.0 Å². The summed E-state index contributed by atoms with van der Waals surface area (Å²) in [5.74, 6) is 0. The van der Waals surface area contributed by atoms with Gasteiger partial charge in [-0.05, 0) is 53.0 Å².